The minimum Gasteiger partial charge on any atom is -0.481 e. The summed E-state index contributed by atoms with van der Waals surface area (Å²) in [4.78, 5) is 15.8. The first-order valence-electron chi connectivity index (χ1n) is 6.59. The second-order valence-corrected chi connectivity index (χ2v) is 7.00. The summed E-state index contributed by atoms with van der Waals surface area (Å²) >= 11 is 1.76. The molecule has 1 aromatic heterocycles. The molecule has 0 amide bonds. The maximum atomic E-state index is 11.0. The first-order chi connectivity index (χ1) is 8.97. The smallest absolute Gasteiger partial charge is 0.304 e. The molecule has 3 rings (SSSR count). The van der Waals surface area contributed by atoms with E-state index >= 15 is 0 Å². The van der Waals surface area contributed by atoms with Crippen molar-refractivity contribution in [3.8, 4) is 0 Å². The van der Waals surface area contributed by atoms with Gasteiger partial charge in [0.25, 0.3) is 0 Å². The van der Waals surface area contributed by atoms with Gasteiger partial charge in [-0.25, -0.2) is 4.98 Å². The molecule has 1 aliphatic rings. The van der Waals surface area contributed by atoms with E-state index < -0.39 is 5.97 Å². The van der Waals surface area contributed by atoms with Crippen molar-refractivity contribution in [2.24, 2.45) is 0 Å². The Balaban J connectivity index is 2.09. The van der Waals surface area contributed by atoms with Crippen molar-refractivity contribution in [3.63, 3.8) is 0 Å². The highest BCUT2D eigenvalue weighted by molar-refractivity contribution is 7.18. The van der Waals surface area contributed by atoms with E-state index in [1.807, 2.05) is 26.0 Å². The highest BCUT2D eigenvalue weighted by Crippen LogP contribution is 2.44. The molecular formula is C15H17NO2S. The van der Waals surface area contributed by atoms with Crippen LogP contribution in [-0.2, 0) is 10.2 Å². The molecule has 3 nitrogen and oxygen atoms in total. The Labute approximate surface area is 116 Å². The van der Waals surface area contributed by atoms with Crippen molar-refractivity contribution < 1.29 is 9.90 Å². The quantitative estimate of drug-likeness (QED) is 0.919. The van der Waals surface area contributed by atoms with E-state index in [4.69, 9.17) is 10.1 Å². The van der Waals surface area contributed by atoms with Crippen molar-refractivity contribution in [2.45, 2.75) is 44.4 Å². The fraction of sp³-hybridized carbons (Fsp3) is 0.467. The van der Waals surface area contributed by atoms with E-state index in [2.05, 4.69) is 6.07 Å². The molecule has 1 aromatic carbocycles. The van der Waals surface area contributed by atoms with Crippen LogP contribution in [0.2, 0.25) is 0 Å². The lowest BCUT2D eigenvalue weighted by atomic mass is 9.81. The maximum absolute atomic E-state index is 11.0. The van der Waals surface area contributed by atoms with E-state index in [1.165, 1.54) is 22.5 Å². The van der Waals surface area contributed by atoms with Gasteiger partial charge in [0.05, 0.1) is 21.6 Å². The van der Waals surface area contributed by atoms with Crippen molar-refractivity contribution in [1.82, 2.24) is 4.98 Å². The van der Waals surface area contributed by atoms with Gasteiger partial charge < -0.3 is 5.11 Å². The summed E-state index contributed by atoms with van der Waals surface area (Å²) in [6, 6.07) is 6.11. The molecule has 0 unspecified atom stereocenters. The number of hydrogen-bond donors (Lipinski definition) is 1. The Morgan fingerprint density at radius 3 is 2.84 bits per heavy atom. The zero-order valence-corrected chi connectivity index (χ0v) is 12.0. The fourth-order valence-electron chi connectivity index (χ4n) is 2.49. The van der Waals surface area contributed by atoms with Gasteiger partial charge in [-0.05, 0) is 24.5 Å². The maximum Gasteiger partial charge on any atom is 0.304 e. The Kier molecular flexibility index (Phi) is 2.86. The van der Waals surface area contributed by atoms with E-state index in [0.29, 0.717) is 5.92 Å². The molecule has 2 aromatic rings. The van der Waals surface area contributed by atoms with Crippen LogP contribution in [0.1, 0.15) is 49.6 Å². The molecule has 1 heterocycles. The molecule has 1 aliphatic carbocycles. The van der Waals surface area contributed by atoms with E-state index in [9.17, 15) is 4.79 Å². The molecular weight excluding hydrogens is 258 g/mol. The number of hydrogen-bond acceptors (Lipinski definition) is 3. The predicted octanol–water partition coefficient (Wildman–Crippen LogP) is 3.93. The van der Waals surface area contributed by atoms with E-state index in [-0.39, 0.29) is 11.8 Å². The highest BCUT2D eigenvalue weighted by atomic mass is 32.1. The van der Waals surface area contributed by atoms with Gasteiger partial charge in [0.1, 0.15) is 0 Å². The first-order valence-corrected chi connectivity index (χ1v) is 7.41. The summed E-state index contributed by atoms with van der Waals surface area (Å²) in [5, 5.41) is 10.3. The Morgan fingerprint density at radius 1 is 1.47 bits per heavy atom. The molecule has 0 bridgehead atoms. The van der Waals surface area contributed by atoms with Gasteiger partial charge >= 0.3 is 5.97 Å². The minimum absolute atomic E-state index is 0.127. The zero-order chi connectivity index (χ0) is 13.6. The van der Waals surface area contributed by atoms with Crippen LogP contribution >= 0.6 is 11.3 Å². The molecule has 4 heteroatoms. The molecule has 0 atom stereocenters. The third-order valence-corrected chi connectivity index (χ3v) is 4.87. The summed E-state index contributed by atoms with van der Waals surface area (Å²) in [7, 11) is 0. The predicted molar refractivity (Wildman–Crippen MR) is 76.9 cm³/mol. The molecule has 19 heavy (non-hydrogen) atoms. The van der Waals surface area contributed by atoms with Crippen molar-refractivity contribution in [3.05, 3.63) is 28.8 Å². The number of carbonyl (C=O) groups is 1. The van der Waals surface area contributed by atoms with Gasteiger partial charge in [0, 0.05) is 11.3 Å². The number of benzene rings is 1. The molecule has 0 spiro atoms. The van der Waals surface area contributed by atoms with Gasteiger partial charge in [-0.15, -0.1) is 11.3 Å². The van der Waals surface area contributed by atoms with Gasteiger partial charge in [0.15, 0.2) is 0 Å². The Hall–Kier alpha value is -1.42. The number of fused-ring (bicyclic) bond motifs is 1. The van der Waals surface area contributed by atoms with Gasteiger partial charge in [-0.2, -0.15) is 0 Å². The highest BCUT2D eigenvalue weighted by Gasteiger charge is 2.30. The third-order valence-electron chi connectivity index (χ3n) is 3.68. The molecule has 100 valence electrons. The normalized spacial score (nSPS) is 15.9. The largest absolute Gasteiger partial charge is 0.481 e. The van der Waals surface area contributed by atoms with Crippen LogP contribution in [-0.4, -0.2) is 16.1 Å². The number of aromatic nitrogens is 1. The SMILES string of the molecule is CC(C)(CC(=O)O)c1cccc2sc(C3CC3)nc12. The number of nitrogens with zero attached hydrogens (tertiary/aromatic N) is 1. The summed E-state index contributed by atoms with van der Waals surface area (Å²) < 4.78 is 1.18. The van der Waals surface area contributed by atoms with Crippen LogP contribution in [0.25, 0.3) is 10.2 Å². The topological polar surface area (TPSA) is 50.2 Å². The van der Waals surface area contributed by atoms with Crippen molar-refractivity contribution >= 4 is 27.5 Å². The van der Waals surface area contributed by atoms with Gasteiger partial charge in [0.2, 0.25) is 0 Å². The molecule has 0 aliphatic heterocycles. The monoisotopic (exact) mass is 275 g/mol. The average Bonchev–Trinajstić information content (AvgIpc) is 3.06. The van der Waals surface area contributed by atoms with Crippen LogP contribution in [0.4, 0.5) is 0 Å². The molecule has 0 radical (unpaired) electrons. The lowest BCUT2D eigenvalue weighted by Crippen LogP contribution is -2.22. The van der Waals surface area contributed by atoms with Gasteiger partial charge in [-0.1, -0.05) is 26.0 Å². The summed E-state index contributed by atoms with van der Waals surface area (Å²) in [6.07, 6.45) is 2.61. The first kappa shape index (κ1) is 12.6. The van der Waals surface area contributed by atoms with Crippen molar-refractivity contribution in [1.29, 1.82) is 0 Å². The molecule has 0 saturated heterocycles. The lowest BCUT2D eigenvalue weighted by molar-refractivity contribution is -0.138. The fourth-order valence-corrected chi connectivity index (χ4v) is 3.65. The number of rotatable bonds is 4. The molecule has 1 N–H and O–H groups in total. The zero-order valence-electron chi connectivity index (χ0n) is 11.1. The average molecular weight is 275 g/mol. The molecule has 1 fully saturated rings. The summed E-state index contributed by atoms with van der Waals surface area (Å²) in [5.74, 6) is -0.118. The van der Waals surface area contributed by atoms with E-state index in [0.717, 1.165) is 11.1 Å². The lowest BCUT2D eigenvalue weighted by Gasteiger charge is -2.23. The van der Waals surface area contributed by atoms with Crippen LogP contribution < -0.4 is 0 Å². The number of para-hydroxylation sites is 1. The number of thiazole rings is 1. The Morgan fingerprint density at radius 2 is 2.21 bits per heavy atom. The minimum atomic E-state index is -0.764. The van der Waals surface area contributed by atoms with Crippen LogP contribution in [0.15, 0.2) is 18.2 Å². The second-order valence-electron chi connectivity index (χ2n) is 5.93. The van der Waals surface area contributed by atoms with Crippen LogP contribution in [0.5, 0.6) is 0 Å². The van der Waals surface area contributed by atoms with Crippen molar-refractivity contribution in [2.75, 3.05) is 0 Å². The Bertz CT molecular complexity index is 641. The van der Waals surface area contributed by atoms with Gasteiger partial charge in [-0.3, -0.25) is 4.79 Å². The summed E-state index contributed by atoms with van der Waals surface area (Å²) in [5.41, 5.74) is 1.66. The number of carboxylic acids is 1. The number of aliphatic carboxylic acids is 1. The third kappa shape index (κ3) is 2.37. The number of carboxylic acid groups (broad SMARTS) is 1. The molecule has 1 saturated carbocycles. The second kappa shape index (κ2) is 4.30. The van der Waals surface area contributed by atoms with E-state index in [1.54, 1.807) is 11.3 Å². The standard InChI is InChI=1S/C15H17NO2S/c1-15(2,8-12(17)18)10-4-3-5-11-13(10)16-14(19-11)9-6-7-9/h3-5,9H,6-8H2,1-2H3,(H,17,18). The summed E-state index contributed by atoms with van der Waals surface area (Å²) in [6.45, 7) is 3.96. The van der Waals surface area contributed by atoms with Crippen LogP contribution in [0.3, 0.4) is 0 Å². The van der Waals surface area contributed by atoms with Crippen LogP contribution in [0, 0.1) is 0 Å².